The molecule has 27 heavy (non-hydrogen) atoms. The fourth-order valence-electron chi connectivity index (χ4n) is 3.07. The number of nitrogens with zero attached hydrogens (tertiary/aromatic N) is 1. The molecule has 0 saturated heterocycles. The van der Waals surface area contributed by atoms with Crippen molar-refractivity contribution in [2.45, 2.75) is 0 Å². The summed E-state index contributed by atoms with van der Waals surface area (Å²) in [6.45, 7) is 0. The van der Waals surface area contributed by atoms with Crippen molar-refractivity contribution in [1.29, 1.82) is 0 Å². The van der Waals surface area contributed by atoms with Gasteiger partial charge in [0.2, 0.25) is 0 Å². The SMILES string of the molecule is COc1cc2c(=O)[nH]c3nccc(Nc4ccc(Cl)cc4)c3c2cc1OC. The second kappa shape index (κ2) is 6.81. The van der Waals surface area contributed by atoms with E-state index in [4.69, 9.17) is 21.1 Å². The van der Waals surface area contributed by atoms with Crippen LogP contribution in [0.3, 0.4) is 0 Å². The number of nitrogens with one attached hydrogen (secondary N) is 2. The summed E-state index contributed by atoms with van der Waals surface area (Å²) in [6.07, 6.45) is 1.64. The first-order valence-electron chi connectivity index (χ1n) is 8.20. The van der Waals surface area contributed by atoms with Gasteiger partial charge in [-0.2, -0.15) is 0 Å². The lowest BCUT2D eigenvalue weighted by Crippen LogP contribution is -2.09. The first-order valence-corrected chi connectivity index (χ1v) is 8.58. The van der Waals surface area contributed by atoms with Gasteiger partial charge in [0.05, 0.1) is 25.3 Å². The van der Waals surface area contributed by atoms with Crippen molar-refractivity contribution in [3.63, 3.8) is 0 Å². The molecule has 0 saturated carbocycles. The van der Waals surface area contributed by atoms with Crippen LogP contribution in [-0.4, -0.2) is 24.2 Å². The molecule has 0 spiro atoms. The molecule has 2 heterocycles. The average Bonchev–Trinajstić information content (AvgIpc) is 2.69. The lowest BCUT2D eigenvalue weighted by Gasteiger charge is -2.14. The van der Waals surface area contributed by atoms with Crippen molar-refractivity contribution in [1.82, 2.24) is 9.97 Å². The van der Waals surface area contributed by atoms with Crippen LogP contribution in [0.15, 0.2) is 53.5 Å². The van der Waals surface area contributed by atoms with Crippen LogP contribution in [0.2, 0.25) is 5.02 Å². The van der Waals surface area contributed by atoms with E-state index in [-0.39, 0.29) is 5.56 Å². The summed E-state index contributed by atoms with van der Waals surface area (Å²) in [5.74, 6) is 1.03. The normalized spacial score (nSPS) is 10.9. The number of hydrogen-bond donors (Lipinski definition) is 2. The molecule has 0 amide bonds. The third-order valence-electron chi connectivity index (χ3n) is 4.34. The maximum Gasteiger partial charge on any atom is 0.257 e. The number of pyridine rings is 2. The maximum atomic E-state index is 12.5. The summed E-state index contributed by atoms with van der Waals surface area (Å²) in [6, 6.07) is 12.7. The minimum absolute atomic E-state index is 0.241. The molecule has 2 aromatic carbocycles. The molecule has 2 aromatic heterocycles. The van der Waals surface area contributed by atoms with Crippen molar-refractivity contribution in [2.75, 3.05) is 19.5 Å². The number of hydrogen-bond acceptors (Lipinski definition) is 5. The second-order valence-corrected chi connectivity index (χ2v) is 6.36. The zero-order valence-electron chi connectivity index (χ0n) is 14.7. The highest BCUT2D eigenvalue weighted by atomic mass is 35.5. The van der Waals surface area contributed by atoms with Crippen LogP contribution in [-0.2, 0) is 0 Å². The molecule has 0 atom stereocenters. The highest BCUT2D eigenvalue weighted by Gasteiger charge is 2.15. The lowest BCUT2D eigenvalue weighted by molar-refractivity contribution is 0.356. The Kier molecular flexibility index (Phi) is 4.33. The number of aromatic nitrogens is 2. The number of methoxy groups -OCH3 is 2. The van der Waals surface area contributed by atoms with Crippen molar-refractivity contribution >= 4 is 44.8 Å². The lowest BCUT2D eigenvalue weighted by atomic mass is 10.1. The van der Waals surface area contributed by atoms with Crippen LogP contribution in [0.4, 0.5) is 11.4 Å². The molecule has 136 valence electrons. The van der Waals surface area contributed by atoms with Gasteiger partial charge in [0, 0.05) is 27.7 Å². The van der Waals surface area contributed by atoms with E-state index in [9.17, 15) is 4.79 Å². The Balaban J connectivity index is 2.01. The molecular weight excluding hydrogens is 366 g/mol. The summed E-state index contributed by atoms with van der Waals surface area (Å²) < 4.78 is 10.7. The van der Waals surface area contributed by atoms with Crippen molar-refractivity contribution in [3.05, 3.63) is 64.0 Å². The Bertz CT molecular complexity index is 1200. The van der Waals surface area contributed by atoms with Gasteiger partial charge in [-0.25, -0.2) is 4.98 Å². The minimum atomic E-state index is -0.241. The molecule has 7 heteroatoms. The molecule has 0 aliphatic carbocycles. The molecule has 4 aromatic rings. The second-order valence-electron chi connectivity index (χ2n) is 5.92. The number of benzene rings is 2. The molecule has 0 radical (unpaired) electrons. The Hall–Kier alpha value is -3.25. The van der Waals surface area contributed by atoms with Crippen LogP contribution in [0.1, 0.15) is 0 Å². The van der Waals surface area contributed by atoms with Crippen LogP contribution in [0.25, 0.3) is 21.8 Å². The summed E-state index contributed by atoms with van der Waals surface area (Å²) >= 11 is 5.96. The van der Waals surface area contributed by atoms with Crippen molar-refractivity contribution in [3.8, 4) is 11.5 Å². The molecule has 4 rings (SSSR count). The highest BCUT2D eigenvalue weighted by molar-refractivity contribution is 6.30. The third kappa shape index (κ3) is 3.04. The summed E-state index contributed by atoms with van der Waals surface area (Å²) in [5.41, 5.74) is 1.91. The number of halogens is 1. The monoisotopic (exact) mass is 381 g/mol. The van der Waals surface area contributed by atoms with Crippen LogP contribution in [0, 0.1) is 0 Å². The smallest absolute Gasteiger partial charge is 0.257 e. The number of ether oxygens (including phenoxy) is 2. The largest absolute Gasteiger partial charge is 0.493 e. The molecule has 0 aliphatic heterocycles. The molecule has 0 aliphatic rings. The van der Waals surface area contributed by atoms with Gasteiger partial charge in [-0.3, -0.25) is 4.79 Å². The zero-order valence-corrected chi connectivity index (χ0v) is 15.4. The number of anilines is 2. The Morgan fingerprint density at radius 2 is 1.67 bits per heavy atom. The van der Waals surface area contributed by atoms with E-state index in [2.05, 4.69) is 15.3 Å². The Morgan fingerprint density at radius 1 is 1.00 bits per heavy atom. The summed E-state index contributed by atoms with van der Waals surface area (Å²) in [5, 5.41) is 6.01. The highest BCUT2D eigenvalue weighted by Crippen LogP contribution is 2.36. The van der Waals surface area contributed by atoms with E-state index < -0.39 is 0 Å². The quantitative estimate of drug-likeness (QED) is 0.509. The summed E-state index contributed by atoms with van der Waals surface area (Å²) in [7, 11) is 3.10. The first-order chi connectivity index (χ1) is 13.1. The van der Waals surface area contributed by atoms with Gasteiger partial charge in [0.1, 0.15) is 5.65 Å². The fourth-order valence-corrected chi connectivity index (χ4v) is 3.20. The van der Waals surface area contributed by atoms with Crippen LogP contribution in [0.5, 0.6) is 11.5 Å². The minimum Gasteiger partial charge on any atom is -0.493 e. The number of aromatic amines is 1. The third-order valence-corrected chi connectivity index (χ3v) is 4.60. The number of rotatable bonds is 4. The molecule has 2 N–H and O–H groups in total. The van der Waals surface area contributed by atoms with E-state index in [1.165, 1.54) is 7.11 Å². The maximum absolute atomic E-state index is 12.5. The van der Waals surface area contributed by atoms with Crippen LogP contribution >= 0.6 is 11.6 Å². The first kappa shape index (κ1) is 17.2. The molecule has 0 fully saturated rings. The van der Waals surface area contributed by atoms with E-state index >= 15 is 0 Å². The van der Waals surface area contributed by atoms with E-state index in [1.807, 2.05) is 18.2 Å². The topological polar surface area (TPSA) is 76.2 Å². The van der Waals surface area contributed by atoms with Crippen molar-refractivity contribution < 1.29 is 9.47 Å². The molecule has 0 bridgehead atoms. The molecule has 0 unspecified atom stereocenters. The van der Waals surface area contributed by atoms with Crippen LogP contribution < -0.4 is 20.3 Å². The fraction of sp³-hybridized carbons (Fsp3) is 0.100. The number of H-pyrrole nitrogens is 1. The van der Waals surface area contributed by atoms with Gasteiger partial charge in [0.15, 0.2) is 11.5 Å². The van der Waals surface area contributed by atoms with Gasteiger partial charge in [-0.05, 0) is 42.5 Å². The average molecular weight is 382 g/mol. The predicted molar refractivity (Wildman–Crippen MR) is 108 cm³/mol. The van der Waals surface area contributed by atoms with E-state index in [0.717, 1.165) is 22.1 Å². The molecular formula is C20H16ClN3O3. The Labute approximate surface area is 159 Å². The standard InChI is InChI=1S/C20H16ClN3O3/c1-26-16-9-13-14(10-17(16)27-2)20(25)24-19-18(13)15(7-8-22-19)23-12-5-3-11(21)4-6-12/h3-10H,1-2H3,(H2,22,23,24,25). The van der Waals surface area contributed by atoms with E-state index in [0.29, 0.717) is 27.6 Å². The number of fused-ring (bicyclic) bond motifs is 3. The van der Waals surface area contributed by atoms with Crippen molar-refractivity contribution in [2.24, 2.45) is 0 Å². The summed E-state index contributed by atoms with van der Waals surface area (Å²) in [4.78, 5) is 19.7. The predicted octanol–water partition coefficient (Wildman–Crippen LogP) is 4.49. The van der Waals surface area contributed by atoms with Gasteiger partial charge in [-0.1, -0.05) is 11.6 Å². The zero-order chi connectivity index (χ0) is 19.0. The Morgan fingerprint density at radius 3 is 2.33 bits per heavy atom. The molecule has 6 nitrogen and oxygen atoms in total. The van der Waals surface area contributed by atoms with E-state index in [1.54, 1.807) is 37.6 Å². The van der Waals surface area contributed by atoms with Gasteiger partial charge >= 0.3 is 0 Å². The van der Waals surface area contributed by atoms with Gasteiger partial charge < -0.3 is 19.8 Å². The van der Waals surface area contributed by atoms with Gasteiger partial charge in [-0.15, -0.1) is 0 Å². The van der Waals surface area contributed by atoms with Gasteiger partial charge in [0.25, 0.3) is 5.56 Å².